The van der Waals surface area contributed by atoms with E-state index in [0.29, 0.717) is 0 Å². The molecule has 0 amide bonds. The first-order valence-corrected chi connectivity index (χ1v) is 7.14. The molecule has 0 fully saturated rings. The van der Waals surface area contributed by atoms with Gasteiger partial charge in [-0.05, 0) is 12.1 Å². The van der Waals surface area contributed by atoms with Gasteiger partial charge in [-0.15, -0.1) is 0 Å². The van der Waals surface area contributed by atoms with Gasteiger partial charge in [0.25, 0.3) is 0 Å². The second-order valence-electron chi connectivity index (χ2n) is 5.22. The molecule has 4 nitrogen and oxygen atoms in total. The number of hydrogen-bond acceptors (Lipinski definition) is 4. The van der Waals surface area contributed by atoms with Gasteiger partial charge >= 0.3 is 0 Å². The lowest BCUT2D eigenvalue weighted by Gasteiger charge is -2.40. The molecule has 21 heavy (non-hydrogen) atoms. The van der Waals surface area contributed by atoms with E-state index in [9.17, 15) is 0 Å². The number of aliphatic imine (C=N–C) groups is 2. The van der Waals surface area contributed by atoms with Crippen LogP contribution in [0, 0.1) is 0 Å². The van der Waals surface area contributed by atoms with Crippen molar-refractivity contribution in [2.24, 2.45) is 9.98 Å². The van der Waals surface area contributed by atoms with Crippen LogP contribution in [0.5, 0.6) is 0 Å². The zero-order chi connectivity index (χ0) is 14.2. The van der Waals surface area contributed by atoms with Crippen molar-refractivity contribution in [3.63, 3.8) is 0 Å². The van der Waals surface area contributed by atoms with Gasteiger partial charge in [-0.1, -0.05) is 42.5 Å². The van der Waals surface area contributed by atoms with Gasteiger partial charge in [-0.2, -0.15) is 0 Å². The SMILES string of the molecule is CN1CCN=C2c3ccccc3N=C(c3ccccc3)N21. The Morgan fingerprint density at radius 1 is 0.905 bits per heavy atom. The number of likely N-dealkylation sites (N-methyl/N-ethyl adjacent to an activating group) is 1. The molecule has 0 aromatic heterocycles. The van der Waals surface area contributed by atoms with Crippen LogP contribution in [0.15, 0.2) is 64.6 Å². The molecule has 2 aliphatic rings. The Hall–Kier alpha value is -2.46. The summed E-state index contributed by atoms with van der Waals surface area (Å²) in [4.78, 5) is 9.61. The molecule has 0 saturated heterocycles. The van der Waals surface area contributed by atoms with Crippen LogP contribution in [-0.2, 0) is 0 Å². The van der Waals surface area contributed by atoms with Crippen molar-refractivity contribution in [3.05, 3.63) is 65.7 Å². The molecule has 2 heterocycles. The summed E-state index contributed by atoms with van der Waals surface area (Å²) in [6.07, 6.45) is 0. The molecule has 104 valence electrons. The summed E-state index contributed by atoms with van der Waals surface area (Å²) in [6.45, 7) is 1.72. The van der Waals surface area contributed by atoms with Crippen LogP contribution in [0.2, 0.25) is 0 Å². The summed E-state index contributed by atoms with van der Waals surface area (Å²) in [5.41, 5.74) is 3.19. The van der Waals surface area contributed by atoms with E-state index in [1.54, 1.807) is 0 Å². The van der Waals surface area contributed by atoms with E-state index in [2.05, 4.69) is 35.3 Å². The zero-order valence-corrected chi connectivity index (χ0v) is 11.9. The van der Waals surface area contributed by atoms with Crippen molar-refractivity contribution in [2.45, 2.75) is 0 Å². The highest BCUT2D eigenvalue weighted by Gasteiger charge is 2.31. The van der Waals surface area contributed by atoms with Gasteiger partial charge in [0, 0.05) is 24.7 Å². The van der Waals surface area contributed by atoms with Crippen molar-refractivity contribution in [1.82, 2.24) is 10.0 Å². The number of benzene rings is 2. The maximum Gasteiger partial charge on any atom is 0.157 e. The molecule has 0 radical (unpaired) electrons. The zero-order valence-electron chi connectivity index (χ0n) is 11.9. The first-order valence-electron chi connectivity index (χ1n) is 7.14. The smallest absolute Gasteiger partial charge is 0.157 e. The highest BCUT2D eigenvalue weighted by molar-refractivity contribution is 6.19. The first-order chi connectivity index (χ1) is 10.3. The average molecular weight is 276 g/mol. The minimum atomic E-state index is 0.818. The standard InChI is InChI=1S/C17H16N4/c1-20-12-11-18-17-14-9-5-6-10-15(14)19-16(21(17)20)13-7-3-2-4-8-13/h2-10H,11-12H2,1H3. The number of nitrogens with zero attached hydrogens (tertiary/aromatic N) is 4. The van der Waals surface area contributed by atoms with Crippen LogP contribution in [-0.4, -0.2) is 41.8 Å². The van der Waals surface area contributed by atoms with E-state index >= 15 is 0 Å². The number of hydrogen-bond donors (Lipinski definition) is 0. The topological polar surface area (TPSA) is 31.2 Å². The highest BCUT2D eigenvalue weighted by Crippen LogP contribution is 2.30. The maximum absolute atomic E-state index is 4.87. The highest BCUT2D eigenvalue weighted by atomic mass is 15.7. The third-order valence-corrected chi connectivity index (χ3v) is 3.83. The summed E-state index contributed by atoms with van der Waals surface area (Å²) in [5.74, 6) is 1.93. The average Bonchev–Trinajstić information content (AvgIpc) is 2.55. The van der Waals surface area contributed by atoms with Crippen molar-refractivity contribution in [3.8, 4) is 0 Å². The van der Waals surface area contributed by atoms with Crippen molar-refractivity contribution in [1.29, 1.82) is 0 Å². The van der Waals surface area contributed by atoms with Crippen LogP contribution in [0.25, 0.3) is 0 Å². The monoisotopic (exact) mass is 276 g/mol. The molecule has 2 aromatic carbocycles. The Balaban J connectivity index is 1.95. The summed E-state index contributed by atoms with van der Waals surface area (Å²) in [7, 11) is 2.08. The molecule has 0 N–H and O–H groups in total. The fourth-order valence-corrected chi connectivity index (χ4v) is 2.79. The van der Waals surface area contributed by atoms with Crippen LogP contribution >= 0.6 is 0 Å². The summed E-state index contributed by atoms with van der Waals surface area (Å²) < 4.78 is 0. The van der Waals surface area contributed by atoms with Crippen molar-refractivity contribution >= 4 is 17.4 Å². The molecule has 2 aromatic rings. The molecule has 0 saturated carbocycles. The van der Waals surface area contributed by atoms with Gasteiger partial charge in [0.2, 0.25) is 0 Å². The number of para-hydroxylation sites is 1. The van der Waals surface area contributed by atoms with Crippen molar-refractivity contribution < 1.29 is 0 Å². The predicted octanol–water partition coefficient (Wildman–Crippen LogP) is 2.69. The van der Waals surface area contributed by atoms with Gasteiger partial charge in [0.1, 0.15) is 0 Å². The molecular formula is C17H16N4. The summed E-state index contributed by atoms with van der Waals surface area (Å²) >= 11 is 0. The number of rotatable bonds is 1. The fraction of sp³-hybridized carbons (Fsp3) is 0.176. The number of amidine groups is 2. The number of fused-ring (bicyclic) bond motifs is 3. The predicted molar refractivity (Wildman–Crippen MR) is 85.0 cm³/mol. The van der Waals surface area contributed by atoms with E-state index < -0.39 is 0 Å². The third kappa shape index (κ3) is 1.96. The van der Waals surface area contributed by atoms with E-state index in [1.165, 1.54) is 0 Å². The lowest BCUT2D eigenvalue weighted by molar-refractivity contribution is 0.146. The Bertz CT molecular complexity index is 733. The lowest BCUT2D eigenvalue weighted by atomic mass is 10.1. The molecule has 0 bridgehead atoms. The van der Waals surface area contributed by atoms with Crippen LogP contribution < -0.4 is 0 Å². The molecule has 0 spiro atoms. The lowest BCUT2D eigenvalue weighted by Crippen LogP contribution is -2.53. The van der Waals surface area contributed by atoms with Gasteiger partial charge in [0.15, 0.2) is 11.7 Å². The molecule has 4 heteroatoms. The van der Waals surface area contributed by atoms with E-state index in [-0.39, 0.29) is 0 Å². The van der Waals surface area contributed by atoms with E-state index in [1.807, 2.05) is 36.4 Å². The largest absolute Gasteiger partial charge is 0.265 e. The fourth-order valence-electron chi connectivity index (χ4n) is 2.79. The van der Waals surface area contributed by atoms with Gasteiger partial charge in [-0.3, -0.25) is 4.99 Å². The van der Waals surface area contributed by atoms with Crippen LogP contribution in [0.3, 0.4) is 0 Å². The van der Waals surface area contributed by atoms with Crippen LogP contribution in [0.4, 0.5) is 5.69 Å². The normalized spacial score (nSPS) is 17.7. The van der Waals surface area contributed by atoms with E-state index in [4.69, 9.17) is 9.98 Å². The summed E-state index contributed by atoms with van der Waals surface area (Å²) in [6, 6.07) is 18.5. The minimum Gasteiger partial charge on any atom is -0.265 e. The second-order valence-corrected chi connectivity index (χ2v) is 5.22. The Labute approximate surface area is 124 Å². The number of hydrazine groups is 1. The van der Waals surface area contributed by atoms with Gasteiger partial charge < -0.3 is 0 Å². The quantitative estimate of drug-likeness (QED) is 0.802. The minimum absolute atomic E-state index is 0.818. The Kier molecular flexibility index (Phi) is 2.82. The second kappa shape index (κ2) is 4.82. The first kappa shape index (κ1) is 12.3. The van der Waals surface area contributed by atoms with Gasteiger partial charge in [-0.25, -0.2) is 15.0 Å². The molecule has 0 unspecified atom stereocenters. The van der Waals surface area contributed by atoms with Crippen molar-refractivity contribution in [2.75, 3.05) is 20.1 Å². The maximum atomic E-state index is 4.87. The molecular weight excluding hydrogens is 260 g/mol. The molecule has 2 aliphatic heterocycles. The Morgan fingerprint density at radius 2 is 1.67 bits per heavy atom. The van der Waals surface area contributed by atoms with E-state index in [0.717, 1.165) is 41.6 Å². The Morgan fingerprint density at radius 3 is 2.52 bits per heavy atom. The third-order valence-electron chi connectivity index (χ3n) is 3.83. The molecule has 0 atom stereocenters. The molecule has 0 aliphatic carbocycles. The van der Waals surface area contributed by atoms with Crippen LogP contribution in [0.1, 0.15) is 11.1 Å². The summed E-state index contributed by atoms with van der Waals surface area (Å²) in [5, 5.41) is 4.31. The molecule has 4 rings (SSSR count). The van der Waals surface area contributed by atoms with Gasteiger partial charge in [0.05, 0.1) is 12.2 Å².